The number of anilines is 2. The van der Waals surface area contributed by atoms with Crippen molar-refractivity contribution in [3.05, 3.63) is 59.5 Å². The molecule has 27 heavy (non-hydrogen) atoms. The van der Waals surface area contributed by atoms with Crippen molar-refractivity contribution >= 4 is 22.9 Å². The van der Waals surface area contributed by atoms with Crippen LogP contribution in [0.1, 0.15) is 28.7 Å². The minimum Gasteiger partial charge on any atom is -0.378 e. The van der Waals surface area contributed by atoms with Crippen LogP contribution in [-0.2, 0) is 12.6 Å². The molecule has 3 rings (SSSR count). The number of fused-ring (bicyclic) bond motifs is 1. The van der Waals surface area contributed by atoms with Gasteiger partial charge >= 0.3 is 6.18 Å². The van der Waals surface area contributed by atoms with Crippen LogP contribution in [0.3, 0.4) is 0 Å². The molecule has 0 bridgehead atoms. The molecule has 1 N–H and O–H groups in total. The van der Waals surface area contributed by atoms with Crippen LogP contribution in [0.5, 0.6) is 0 Å². The molecule has 142 valence electrons. The highest BCUT2D eigenvalue weighted by Crippen LogP contribution is 2.30. The van der Waals surface area contributed by atoms with Crippen LogP contribution in [0.2, 0.25) is 0 Å². The summed E-state index contributed by atoms with van der Waals surface area (Å²) in [6, 6.07) is 9.39. The fourth-order valence-corrected chi connectivity index (χ4v) is 2.78. The predicted molar refractivity (Wildman–Crippen MR) is 98.3 cm³/mol. The second kappa shape index (κ2) is 6.94. The minimum absolute atomic E-state index is 0.107. The molecular formula is C19H19F3N4O. The van der Waals surface area contributed by atoms with Gasteiger partial charge in [-0.25, -0.2) is 4.98 Å². The van der Waals surface area contributed by atoms with E-state index in [4.69, 9.17) is 0 Å². The Labute approximate surface area is 154 Å². The Morgan fingerprint density at radius 1 is 1.15 bits per heavy atom. The number of carbonyl (C=O) groups is 1. The summed E-state index contributed by atoms with van der Waals surface area (Å²) in [5.41, 5.74) is 1.53. The van der Waals surface area contributed by atoms with Gasteiger partial charge in [0.1, 0.15) is 11.3 Å². The number of aromatic nitrogens is 2. The Bertz CT molecular complexity index is 975. The molecule has 0 radical (unpaired) electrons. The molecule has 0 aliphatic carbocycles. The van der Waals surface area contributed by atoms with E-state index < -0.39 is 17.6 Å². The van der Waals surface area contributed by atoms with Gasteiger partial charge in [-0.1, -0.05) is 6.92 Å². The van der Waals surface area contributed by atoms with Crippen LogP contribution in [0, 0.1) is 0 Å². The molecule has 0 unspecified atom stereocenters. The average Bonchev–Trinajstić information content (AvgIpc) is 2.99. The number of alkyl halides is 3. The molecule has 0 atom stereocenters. The van der Waals surface area contributed by atoms with Crippen LogP contribution in [0.4, 0.5) is 24.5 Å². The van der Waals surface area contributed by atoms with Gasteiger partial charge < -0.3 is 10.2 Å². The molecule has 1 amide bonds. The summed E-state index contributed by atoms with van der Waals surface area (Å²) >= 11 is 0. The number of carbonyl (C=O) groups excluding carboxylic acids is 1. The Balaban J connectivity index is 1.99. The first-order valence-electron chi connectivity index (χ1n) is 8.37. The summed E-state index contributed by atoms with van der Waals surface area (Å²) in [6.45, 7) is 1.80. The lowest BCUT2D eigenvalue weighted by Crippen LogP contribution is -2.17. The molecule has 1 aromatic carbocycles. The van der Waals surface area contributed by atoms with Gasteiger partial charge in [0.15, 0.2) is 0 Å². The van der Waals surface area contributed by atoms with E-state index in [1.54, 1.807) is 19.1 Å². The topological polar surface area (TPSA) is 49.6 Å². The summed E-state index contributed by atoms with van der Waals surface area (Å²) < 4.78 is 40.3. The molecule has 5 nitrogen and oxygen atoms in total. The maximum Gasteiger partial charge on any atom is 0.417 e. The van der Waals surface area contributed by atoms with Crippen LogP contribution < -0.4 is 10.2 Å². The van der Waals surface area contributed by atoms with Gasteiger partial charge in [0.05, 0.1) is 11.3 Å². The van der Waals surface area contributed by atoms with Crippen LogP contribution in [0.15, 0.2) is 42.6 Å². The number of hydrogen-bond acceptors (Lipinski definition) is 3. The first-order valence-corrected chi connectivity index (χ1v) is 8.37. The maximum absolute atomic E-state index is 13.0. The molecule has 0 fully saturated rings. The van der Waals surface area contributed by atoms with E-state index in [9.17, 15) is 18.0 Å². The monoisotopic (exact) mass is 376 g/mol. The zero-order valence-electron chi connectivity index (χ0n) is 15.1. The number of nitrogens with zero attached hydrogens (tertiary/aromatic N) is 3. The van der Waals surface area contributed by atoms with Crippen molar-refractivity contribution in [2.24, 2.45) is 0 Å². The number of halogens is 3. The zero-order valence-corrected chi connectivity index (χ0v) is 15.1. The van der Waals surface area contributed by atoms with E-state index in [1.807, 2.05) is 31.1 Å². The second-order valence-electron chi connectivity index (χ2n) is 6.30. The SMILES string of the molecule is CCc1nc2ccc(C(F)(F)F)cn2c1C(=O)Nc1ccc(N(C)C)cc1. The van der Waals surface area contributed by atoms with E-state index in [-0.39, 0.29) is 5.69 Å². The van der Waals surface area contributed by atoms with E-state index in [2.05, 4.69) is 10.3 Å². The predicted octanol–water partition coefficient (Wildman–Crippen LogP) is 4.23. The Morgan fingerprint density at radius 2 is 1.81 bits per heavy atom. The van der Waals surface area contributed by atoms with Gasteiger partial charge in [0.25, 0.3) is 5.91 Å². The Hall–Kier alpha value is -3.03. The fourth-order valence-electron chi connectivity index (χ4n) is 2.78. The van der Waals surface area contributed by atoms with Gasteiger partial charge in [0.2, 0.25) is 0 Å². The van der Waals surface area contributed by atoms with Crippen molar-refractivity contribution in [2.45, 2.75) is 19.5 Å². The van der Waals surface area contributed by atoms with Crippen LogP contribution in [-0.4, -0.2) is 29.4 Å². The summed E-state index contributed by atoms with van der Waals surface area (Å²) in [4.78, 5) is 19.0. The quantitative estimate of drug-likeness (QED) is 0.741. The van der Waals surface area contributed by atoms with Gasteiger partial charge in [-0.3, -0.25) is 9.20 Å². The summed E-state index contributed by atoms with van der Waals surface area (Å²) in [6.07, 6.45) is -3.17. The Kier molecular flexibility index (Phi) is 4.82. The average molecular weight is 376 g/mol. The fraction of sp³-hybridized carbons (Fsp3) is 0.263. The zero-order chi connectivity index (χ0) is 19.8. The summed E-state index contributed by atoms with van der Waals surface area (Å²) in [5.74, 6) is -0.503. The first-order chi connectivity index (χ1) is 12.7. The third-order valence-corrected chi connectivity index (χ3v) is 4.21. The second-order valence-corrected chi connectivity index (χ2v) is 6.30. The molecule has 2 heterocycles. The third kappa shape index (κ3) is 3.74. The molecular weight excluding hydrogens is 357 g/mol. The molecule has 2 aromatic heterocycles. The number of aryl methyl sites for hydroxylation is 1. The number of imidazole rings is 1. The van der Waals surface area contributed by atoms with E-state index >= 15 is 0 Å². The lowest BCUT2D eigenvalue weighted by Gasteiger charge is -2.13. The van der Waals surface area contributed by atoms with Crippen molar-refractivity contribution in [3.63, 3.8) is 0 Å². The lowest BCUT2D eigenvalue weighted by atomic mass is 10.2. The number of hydrogen-bond donors (Lipinski definition) is 1. The van der Waals surface area contributed by atoms with Gasteiger partial charge in [-0.2, -0.15) is 13.2 Å². The molecule has 8 heteroatoms. The van der Waals surface area contributed by atoms with Crippen LogP contribution >= 0.6 is 0 Å². The highest BCUT2D eigenvalue weighted by Gasteiger charge is 2.31. The first kappa shape index (κ1) is 18.8. The van der Waals surface area contributed by atoms with Gasteiger partial charge in [-0.05, 0) is 42.8 Å². The van der Waals surface area contributed by atoms with Crippen molar-refractivity contribution in [2.75, 3.05) is 24.3 Å². The van der Waals surface area contributed by atoms with Crippen molar-refractivity contribution in [3.8, 4) is 0 Å². The molecule has 0 spiro atoms. The van der Waals surface area contributed by atoms with Gasteiger partial charge in [0, 0.05) is 31.7 Å². The van der Waals surface area contributed by atoms with E-state index in [0.717, 1.165) is 18.0 Å². The van der Waals surface area contributed by atoms with Crippen LogP contribution in [0.25, 0.3) is 5.65 Å². The normalized spacial score (nSPS) is 11.6. The molecule has 0 aliphatic rings. The number of nitrogens with one attached hydrogen (secondary N) is 1. The number of rotatable bonds is 4. The minimum atomic E-state index is -4.50. The van der Waals surface area contributed by atoms with Gasteiger partial charge in [-0.15, -0.1) is 0 Å². The maximum atomic E-state index is 13.0. The largest absolute Gasteiger partial charge is 0.417 e. The van der Waals surface area contributed by atoms with Crippen molar-refractivity contribution in [1.82, 2.24) is 9.38 Å². The van der Waals surface area contributed by atoms with Crippen molar-refractivity contribution < 1.29 is 18.0 Å². The smallest absolute Gasteiger partial charge is 0.378 e. The number of amides is 1. The highest BCUT2D eigenvalue weighted by atomic mass is 19.4. The van der Waals surface area contributed by atoms with Crippen molar-refractivity contribution in [1.29, 1.82) is 0 Å². The number of pyridine rings is 1. The highest BCUT2D eigenvalue weighted by molar-refractivity contribution is 6.04. The molecule has 0 saturated heterocycles. The number of benzene rings is 1. The summed E-state index contributed by atoms with van der Waals surface area (Å²) in [5, 5.41) is 2.74. The molecule has 0 aliphatic heterocycles. The standard InChI is InChI=1S/C19H19F3N4O/c1-4-15-17(18(27)23-13-6-8-14(9-7-13)25(2)3)26-11-12(19(20,21)22)5-10-16(26)24-15/h5-11H,4H2,1-3H3,(H,23,27). The van der Waals surface area contributed by atoms with E-state index in [1.165, 1.54) is 10.5 Å². The lowest BCUT2D eigenvalue weighted by molar-refractivity contribution is -0.137. The molecule has 3 aromatic rings. The summed E-state index contributed by atoms with van der Waals surface area (Å²) in [7, 11) is 3.80. The molecule has 0 saturated carbocycles. The van der Waals surface area contributed by atoms with E-state index in [0.29, 0.717) is 23.4 Å². The Morgan fingerprint density at radius 3 is 2.37 bits per heavy atom. The third-order valence-electron chi connectivity index (χ3n) is 4.21.